The van der Waals surface area contributed by atoms with Gasteiger partial charge >= 0.3 is 5.97 Å². The number of aldehydes is 1. The third kappa shape index (κ3) is 13.6. The molecule has 0 saturated heterocycles. The Balaban J connectivity index is 3.14. The predicted octanol–water partition coefficient (Wildman–Crippen LogP) is 3.60. The highest BCUT2D eigenvalue weighted by atomic mass is 32.2. The van der Waals surface area contributed by atoms with Crippen molar-refractivity contribution >= 4 is 24.0 Å². The van der Waals surface area contributed by atoms with E-state index in [9.17, 15) is 9.59 Å². The van der Waals surface area contributed by atoms with E-state index in [1.54, 1.807) is 11.8 Å². The minimum atomic E-state index is -0.109. The van der Waals surface area contributed by atoms with Gasteiger partial charge in [0.05, 0.1) is 13.0 Å². The fourth-order valence-corrected chi connectivity index (χ4v) is 2.31. The predicted molar refractivity (Wildman–Crippen MR) is 77.0 cm³/mol. The van der Waals surface area contributed by atoms with Crippen LogP contribution in [0.15, 0.2) is 0 Å². The monoisotopic (exact) mass is 274 g/mol. The summed E-state index contributed by atoms with van der Waals surface area (Å²) >= 11 is 1.63. The van der Waals surface area contributed by atoms with E-state index < -0.39 is 0 Å². The molecule has 106 valence electrons. The van der Waals surface area contributed by atoms with Crippen LogP contribution in [0.2, 0.25) is 0 Å². The van der Waals surface area contributed by atoms with Gasteiger partial charge in [-0.05, 0) is 12.2 Å². The number of ether oxygens (including phenoxy) is 1. The van der Waals surface area contributed by atoms with Gasteiger partial charge in [0, 0.05) is 12.2 Å². The zero-order valence-corrected chi connectivity index (χ0v) is 12.3. The van der Waals surface area contributed by atoms with Gasteiger partial charge in [-0.25, -0.2) is 0 Å². The highest BCUT2D eigenvalue weighted by molar-refractivity contribution is 7.99. The third-order valence-electron chi connectivity index (χ3n) is 2.59. The van der Waals surface area contributed by atoms with Crippen LogP contribution in [-0.2, 0) is 14.3 Å². The number of thioether (sulfide) groups is 1. The smallest absolute Gasteiger partial charge is 0.306 e. The lowest BCUT2D eigenvalue weighted by Crippen LogP contribution is -2.07. The Kier molecular flexibility index (Phi) is 14.1. The highest BCUT2D eigenvalue weighted by Crippen LogP contribution is 2.06. The molecule has 0 bridgehead atoms. The molecular formula is C14H26O3S. The van der Waals surface area contributed by atoms with Crippen molar-refractivity contribution in [1.82, 2.24) is 0 Å². The van der Waals surface area contributed by atoms with Gasteiger partial charge in [-0.15, -0.1) is 0 Å². The summed E-state index contributed by atoms with van der Waals surface area (Å²) in [5.41, 5.74) is 0. The first-order valence-corrected chi connectivity index (χ1v) is 8.13. The molecule has 0 N–H and O–H groups in total. The van der Waals surface area contributed by atoms with Crippen LogP contribution in [0.5, 0.6) is 0 Å². The molecule has 0 aromatic carbocycles. The highest BCUT2D eigenvalue weighted by Gasteiger charge is 2.02. The Hall–Kier alpha value is -0.510. The van der Waals surface area contributed by atoms with Crippen LogP contribution in [0.1, 0.15) is 58.3 Å². The summed E-state index contributed by atoms with van der Waals surface area (Å²) < 4.78 is 5.13. The molecule has 0 aliphatic rings. The Morgan fingerprint density at radius 2 is 1.83 bits per heavy atom. The van der Waals surface area contributed by atoms with E-state index in [1.165, 1.54) is 25.7 Å². The molecule has 0 aliphatic heterocycles. The maximum atomic E-state index is 11.3. The van der Waals surface area contributed by atoms with Gasteiger partial charge < -0.3 is 9.53 Å². The standard InChI is InChI=1S/C14H26O3S/c1-2-3-4-5-6-7-11-17-14(16)9-13-18-12-8-10-15/h10H,2-9,11-13H2,1H3. The van der Waals surface area contributed by atoms with E-state index in [0.29, 0.717) is 19.4 Å². The van der Waals surface area contributed by atoms with Gasteiger partial charge in [-0.3, -0.25) is 4.79 Å². The quantitative estimate of drug-likeness (QED) is 0.292. The second kappa shape index (κ2) is 14.6. The van der Waals surface area contributed by atoms with E-state index in [1.807, 2.05) is 0 Å². The molecule has 4 heteroatoms. The molecule has 0 unspecified atom stereocenters. The van der Waals surface area contributed by atoms with Gasteiger partial charge in [0.25, 0.3) is 0 Å². The summed E-state index contributed by atoms with van der Waals surface area (Å²) in [7, 11) is 0. The summed E-state index contributed by atoms with van der Waals surface area (Å²) in [6, 6.07) is 0. The van der Waals surface area contributed by atoms with Crippen molar-refractivity contribution in [2.24, 2.45) is 0 Å². The van der Waals surface area contributed by atoms with Crippen molar-refractivity contribution < 1.29 is 14.3 Å². The van der Waals surface area contributed by atoms with Gasteiger partial charge in [-0.2, -0.15) is 11.8 Å². The van der Waals surface area contributed by atoms with Crippen molar-refractivity contribution in [2.45, 2.75) is 58.3 Å². The largest absolute Gasteiger partial charge is 0.466 e. The molecule has 0 rings (SSSR count). The van der Waals surface area contributed by atoms with Crippen molar-refractivity contribution in [2.75, 3.05) is 18.1 Å². The lowest BCUT2D eigenvalue weighted by atomic mass is 10.1. The third-order valence-corrected chi connectivity index (χ3v) is 3.61. The molecule has 0 atom stereocenters. The molecule has 3 nitrogen and oxygen atoms in total. The zero-order chi connectivity index (χ0) is 13.5. The van der Waals surface area contributed by atoms with Gasteiger partial charge in [0.15, 0.2) is 0 Å². The lowest BCUT2D eigenvalue weighted by molar-refractivity contribution is -0.143. The summed E-state index contributed by atoms with van der Waals surface area (Å²) in [6.07, 6.45) is 9.16. The first-order chi connectivity index (χ1) is 8.81. The van der Waals surface area contributed by atoms with Gasteiger partial charge in [0.1, 0.15) is 6.29 Å². The second-order valence-electron chi connectivity index (χ2n) is 4.31. The first kappa shape index (κ1) is 17.5. The molecule has 0 aromatic heterocycles. The Morgan fingerprint density at radius 1 is 1.11 bits per heavy atom. The second-order valence-corrected chi connectivity index (χ2v) is 5.53. The minimum Gasteiger partial charge on any atom is -0.466 e. The van der Waals surface area contributed by atoms with E-state index in [-0.39, 0.29) is 5.97 Å². The Bertz CT molecular complexity index is 207. The number of hydrogen-bond donors (Lipinski definition) is 0. The maximum absolute atomic E-state index is 11.3. The van der Waals surface area contributed by atoms with Crippen LogP contribution in [0.4, 0.5) is 0 Å². The molecule has 0 saturated carbocycles. The van der Waals surface area contributed by atoms with E-state index in [2.05, 4.69) is 6.92 Å². The van der Waals surface area contributed by atoms with Gasteiger partial charge in [0.2, 0.25) is 0 Å². The number of carbonyl (C=O) groups excluding carboxylic acids is 2. The first-order valence-electron chi connectivity index (χ1n) is 6.98. The van der Waals surface area contributed by atoms with Crippen molar-refractivity contribution in [3.63, 3.8) is 0 Å². The molecule has 0 aliphatic carbocycles. The number of esters is 1. The Morgan fingerprint density at radius 3 is 2.56 bits per heavy atom. The number of hydrogen-bond acceptors (Lipinski definition) is 4. The molecule has 0 radical (unpaired) electrons. The molecule has 18 heavy (non-hydrogen) atoms. The lowest BCUT2D eigenvalue weighted by Gasteiger charge is -2.04. The number of rotatable bonds is 13. The van der Waals surface area contributed by atoms with Crippen molar-refractivity contribution in [3.8, 4) is 0 Å². The summed E-state index contributed by atoms with van der Waals surface area (Å²) in [5, 5.41) is 0. The summed E-state index contributed by atoms with van der Waals surface area (Å²) in [5.74, 6) is 1.44. The summed E-state index contributed by atoms with van der Waals surface area (Å²) in [4.78, 5) is 21.4. The molecule has 0 amide bonds. The van der Waals surface area contributed by atoms with Crippen LogP contribution in [0, 0.1) is 0 Å². The molecule has 0 spiro atoms. The number of unbranched alkanes of at least 4 members (excludes halogenated alkanes) is 5. The summed E-state index contributed by atoms with van der Waals surface area (Å²) in [6.45, 7) is 2.76. The molecule has 0 heterocycles. The molecule has 0 aromatic rings. The minimum absolute atomic E-state index is 0.109. The fourth-order valence-electron chi connectivity index (χ4n) is 1.53. The number of carbonyl (C=O) groups is 2. The molecular weight excluding hydrogens is 248 g/mol. The van der Waals surface area contributed by atoms with E-state index in [4.69, 9.17) is 4.74 Å². The van der Waals surface area contributed by atoms with Crippen LogP contribution < -0.4 is 0 Å². The SMILES string of the molecule is CCCCCCCCOC(=O)CCSCCC=O. The normalized spacial score (nSPS) is 10.3. The van der Waals surface area contributed by atoms with Crippen molar-refractivity contribution in [1.29, 1.82) is 0 Å². The van der Waals surface area contributed by atoms with Crippen LogP contribution in [0.3, 0.4) is 0 Å². The van der Waals surface area contributed by atoms with E-state index >= 15 is 0 Å². The van der Waals surface area contributed by atoms with E-state index in [0.717, 1.165) is 30.6 Å². The topological polar surface area (TPSA) is 43.4 Å². The van der Waals surface area contributed by atoms with Crippen LogP contribution in [-0.4, -0.2) is 30.4 Å². The van der Waals surface area contributed by atoms with Crippen molar-refractivity contribution in [3.05, 3.63) is 0 Å². The van der Waals surface area contributed by atoms with Crippen LogP contribution in [0.25, 0.3) is 0 Å². The average molecular weight is 274 g/mol. The maximum Gasteiger partial charge on any atom is 0.306 e. The fraction of sp³-hybridized carbons (Fsp3) is 0.857. The van der Waals surface area contributed by atoms with Crippen LogP contribution >= 0.6 is 11.8 Å². The Labute approximate surface area is 115 Å². The van der Waals surface area contributed by atoms with Gasteiger partial charge in [-0.1, -0.05) is 39.0 Å². The zero-order valence-electron chi connectivity index (χ0n) is 11.5. The molecule has 0 fully saturated rings. The average Bonchev–Trinajstić information content (AvgIpc) is 2.37.